The zero-order chi connectivity index (χ0) is 14.7. The summed E-state index contributed by atoms with van der Waals surface area (Å²) in [5.41, 5.74) is -0.336. The first-order chi connectivity index (χ1) is 9.52. The molecule has 0 spiro atoms. The van der Waals surface area contributed by atoms with E-state index in [1.54, 1.807) is 6.07 Å². The van der Waals surface area contributed by atoms with E-state index in [-0.39, 0.29) is 17.2 Å². The number of nitro groups is 1. The Labute approximate surface area is 113 Å². The number of benzene rings is 1. The molecule has 2 aromatic rings. The fourth-order valence-corrected chi connectivity index (χ4v) is 1.57. The molecule has 0 N–H and O–H groups in total. The van der Waals surface area contributed by atoms with Crippen molar-refractivity contribution in [3.63, 3.8) is 0 Å². The number of hydrogen-bond donors (Lipinski definition) is 0. The highest BCUT2D eigenvalue weighted by Crippen LogP contribution is 2.32. The summed E-state index contributed by atoms with van der Waals surface area (Å²) in [6, 6.07) is 6.83. The highest BCUT2D eigenvalue weighted by atomic mass is 19.1. The first-order valence-corrected chi connectivity index (χ1v) is 5.50. The first kappa shape index (κ1) is 13.4. The second-order valence-corrected chi connectivity index (χ2v) is 3.89. The van der Waals surface area contributed by atoms with E-state index in [0.29, 0.717) is 5.56 Å². The Kier molecular flexibility index (Phi) is 3.57. The number of aryl methyl sites for hydroxylation is 1. The van der Waals surface area contributed by atoms with E-state index in [1.165, 1.54) is 37.4 Å². The molecule has 1 heterocycles. The van der Waals surface area contributed by atoms with Gasteiger partial charge in [0.25, 0.3) is 0 Å². The van der Waals surface area contributed by atoms with Crippen LogP contribution < -0.4 is 4.74 Å². The Balaban J connectivity index is 2.46. The van der Waals surface area contributed by atoms with E-state index in [0.717, 1.165) is 0 Å². The monoisotopic (exact) mass is 273 g/mol. The molecular weight excluding hydrogens is 265 g/mol. The smallest absolute Gasteiger partial charge is 0.348 e. The largest absolute Gasteiger partial charge is 0.434 e. The van der Waals surface area contributed by atoms with Gasteiger partial charge in [-0.15, -0.1) is 0 Å². The maximum absolute atomic E-state index is 13.1. The van der Waals surface area contributed by atoms with Crippen LogP contribution in [0.3, 0.4) is 0 Å². The van der Waals surface area contributed by atoms with Crippen LogP contribution in [0.15, 0.2) is 30.5 Å². The van der Waals surface area contributed by atoms with Crippen LogP contribution >= 0.6 is 0 Å². The zero-order valence-corrected chi connectivity index (χ0v) is 10.3. The van der Waals surface area contributed by atoms with Crippen LogP contribution in [0.2, 0.25) is 0 Å². The van der Waals surface area contributed by atoms with Crippen molar-refractivity contribution in [1.29, 1.82) is 5.26 Å². The average Bonchev–Trinajstić information content (AvgIpc) is 2.42. The van der Waals surface area contributed by atoms with Crippen LogP contribution in [0.5, 0.6) is 11.6 Å². The topological polar surface area (TPSA) is 89.0 Å². The minimum Gasteiger partial charge on any atom is -0.434 e. The van der Waals surface area contributed by atoms with E-state index in [4.69, 9.17) is 10.00 Å². The van der Waals surface area contributed by atoms with Crippen molar-refractivity contribution in [2.45, 2.75) is 6.92 Å². The maximum Gasteiger partial charge on any atom is 0.348 e. The molecule has 100 valence electrons. The number of rotatable bonds is 3. The van der Waals surface area contributed by atoms with Gasteiger partial charge in [-0.2, -0.15) is 5.26 Å². The fourth-order valence-electron chi connectivity index (χ4n) is 1.57. The second-order valence-electron chi connectivity index (χ2n) is 3.89. The molecule has 7 heteroatoms. The van der Waals surface area contributed by atoms with Crippen molar-refractivity contribution in [2.24, 2.45) is 0 Å². The molecule has 0 saturated carbocycles. The number of ether oxygens (including phenoxy) is 1. The van der Waals surface area contributed by atoms with E-state index in [2.05, 4.69) is 4.98 Å². The Morgan fingerprint density at radius 2 is 2.20 bits per heavy atom. The third-order valence-electron chi connectivity index (χ3n) is 2.54. The Morgan fingerprint density at radius 3 is 2.80 bits per heavy atom. The minimum absolute atomic E-state index is 0.154. The van der Waals surface area contributed by atoms with Gasteiger partial charge in [-0.1, -0.05) is 0 Å². The van der Waals surface area contributed by atoms with E-state index >= 15 is 0 Å². The Morgan fingerprint density at radius 1 is 1.45 bits per heavy atom. The van der Waals surface area contributed by atoms with Crippen LogP contribution in [-0.4, -0.2) is 9.91 Å². The van der Waals surface area contributed by atoms with Gasteiger partial charge >= 0.3 is 11.6 Å². The van der Waals surface area contributed by atoms with Gasteiger partial charge in [0.1, 0.15) is 23.2 Å². The van der Waals surface area contributed by atoms with Gasteiger partial charge in [0, 0.05) is 6.20 Å². The predicted octanol–water partition coefficient (Wildman–Crippen LogP) is 3.10. The third kappa shape index (κ3) is 2.54. The highest BCUT2D eigenvalue weighted by molar-refractivity contribution is 5.55. The molecule has 20 heavy (non-hydrogen) atoms. The van der Waals surface area contributed by atoms with Crippen LogP contribution in [0.4, 0.5) is 10.1 Å². The molecule has 0 fully saturated rings. The molecule has 0 amide bonds. The van der Waals surface area contributed by atoms with Crippen LogP contribution in [-0.2, 0) is 0 Å². The van der Waals surface area contributed by atoms with Gasteiger partial charge in [-0.25, -0.2) is 9.37 Å². The van der Waals surface area contributed by atoms with Crippen molar-refractivity contribution >= 4 is 5.69 Å². The molecule has 6 nitrogen and oxygen atoms in total. The number of pyridine rings is 1. The Bertz CT molecular complexity index is 725. The number of nitrogens with zero attached hydrogens (tertiary/aromatic N) is 3. The molecule has 1 aromatic carbocycles. The summed E-state index contributed by atoms with van der Waals surface area (Å²) < 4.78 is 18.4. The number of nitriles is 1. The van der Waals surface area contributed by atoms with Crippen molar-refractivity contribution in [2.75, 3.05) is 0 Å². The zero-order valence-electron chi connectivity index (χ0n) is 10.3. The normalized spacial score (nSPS) is 9.85. The Hall–Kier alpha value is -3.01. The lowest BCUT2D eigenvalue weighted by Crippen LogP contribution is -1.99. The summed E-state index contributed by atoms with van der Waals surface area (Å²) in [6.07, 6.45) is 1.23. The summed E-state index contributed by atoms with van der Waals surface area (Å²) >= 11 is 0. The number of halogens is 1. The number of aromatic nitrogens is 1. The molecule has 2 rings (SSSR count). The standard InChI is InChI=1S/C13H8FN3O3/c1-8-6-10(2-3-11(8)14)20-13-12(17(18)19)9(7-15)4-5-16-13/h2-6H,1H3. The van der Waals surface area contributed by atoms with Crippen molar-refractivity contribution in [1.82, 2.24) is 4.98 Å². The van der Waals surface area contributed by atoms with E-state index in [9.17, 15) is 14.5 Å². The molecule has 0 atom stereocenters. The quantitative estimate of drug-likeness (QED) is 0.633. The molecule has 0 unspecified atom stereocenters. The van der Waals surface area contributed by atoms with Gasteiger partial charge in [0.2, 0.25) is 0 Å². The summed E-state index contributed by atoms with van der Waals surface area (Å²) in [4.78, 5) is 14.0. The molecule has 1 aromatic heterocycles. The molecule has 0 bridgehead atoms. The number of hydrogen-bond acceptors (Lipinski definition) is 5. The van der Waals surface area contributed by atoms with Crippen LogP contribution in [0.25, 0.3) is 0 Å². The van der Waals surface area contributed by atoms with Crippen LogP contribution in [0.1, 0.15) is 11.1 Å². The minimum atomic E-state index is -0.739. The van der Waals surface area contributed by atoms with Gasteiger partial charge < -0.3 is 4.74 Å². The van der Waals surface area contributed by atoms with Gasteiger partial charge in [-0.05, 0) is 36.8 Å². The molecular formula is C13H8FN3O3. The predicted molar refractivity (Wildman–Crippen MR) is 66.8 cm³/mol. The highest BCUT2D eigenvalue weighted by Gasteiger charge is 2.23. The van der Waals surface area contributed by atoms with Gasteiger partial charge in [-0.3, -0.25) is 10.1 Å². The lowest BCUT2D eigenvalue weighted by Gasteiger charge is -2.06. The third-order valence-corrected chi connectivity index (χ3v) is 2.54. The van der Waals surface area contributed by atoms with E-state index < -0.39 is 16.4 Å². The average molecular weight is 273 g/mol. The summed E-state index contributed by atoms with van der Waals surface area (Å²) in [5.74, 6) is -0.514. The second kappa shape index (κ2) is 5.32. The van der Waals surface area contributed by atoms with Gasteiger partial charge in [0.15, 0.2) is 0 Å². The SMILES string of the molecule is Cc1cc(Oc2nccc(C#N)c2[N+](=O)[O-])ccc1F. The van der Waals surface area contributed by atoms with E-state index in [1.807, 2.05) is 0 Å². The summed E-state index contributed by atoms with van der Waals surface area (Å²) in [6.45, 7) is 1.54. The molecule has 0 radical (unpaired) electrons. The lowest BCUT2D eigenvalue weighted by atomic mass is 10.2. The molecule has 0 saturated heterocycles. The van der Waals surface area contributed by atoms with Crippen molar-refractivity contribution < 1.29 is 14.1 Å². The van der Waals surface area contributed by atoms with Gasteiger partial charge in [0.05, 0.1) is 4.92 Å². The molecule has 0 aliphatic rings. The maximum atomic E-state index is 13.1. The fraction of sp³-hybridized carbons (Fsp3) is 0.0769. The van der Waals surface area contributed by atoms with Crippen molar-refractivity contribution in [3.05, 3.63) is 57.5 Å². The molecule has 0 aliphatic carbocycles. The molecule has 0 aliphatic heterocycles. The lowest BCUT2D eigenvalue weighted by molar-refractivity contribution is -0.386. The summed E-state index contributed by atoms with van der Waals surface area (Å²) in [5, 5.41) is 19.8. The van der Waals surface area contributed by atoms with Crippen molar-refractivity contribution in [3.8, 4) is 17.7 Å². The summed E-state index contributed by atoms with van der Waals surface area (Å²) in [7, 11) is 0. The van der Waals surface area contributed by atoms with Crippen LogP contribution in [0, 0.1) is 34.2 Å². The first-order valence-electron chi connectivity index (χ1n) is 5.50.